The Morgan fingerprint density at radius 3 is 2.75 bits per heavy atom. The van der Waals surface area contributed by atoms with Crippen molar-refractivity contribution in [2.24, 2.45) is 0 Å². The second kappa shape index (κ2) is 5.87. The van der Waals surface area contributed by atoms with Gasteiger partial charge in [0.2, 0.25) is 5.91 Å². The van der Waals surface area contributed by atoms with Gasteiger partial charge in [0.05, 0.1) is 5.75 Å². The van der Waals surface area contributed by atoms with Crippen LogP contribution in [0.15, 0.2) is 0 Å². The minimum atomic E-state index is -3.23. The van der Waals surface area contributed by atoms with Gasteiger partial charge in [-0.3, -0.25) is 4.79 Å². The molecular weight excluding hydrogens is 250 g/mol. The van der Waals surface area contributed by atoms with Crippen LogP contribution < -0.4 is 5.32 Å². The first-order valence-corrected chi connectivity index (χ1v) is 7.80. The van der Waals surface area contributed by atoms with Crippen LogP contribution >= 0.6 is 11.6 Å². The van der Waals surface area contributed by atoms with Crippen LogP contribution in [0.3, 0.4) is 0 Å². The SMILES string of the molecule is CC(CCCl)NC(=O)C1CCCCS1(=O)=O. The summed E-state index contributed by atoms with van der Waals surface area (Å²) in [5.41, 5.74) is 0. The van der Waals surface area contributed by atoms with Crippen LogP contribution in [0.1, 0.15) is 32.6 Å². The zero-order valence-electron chi connectivity index (χ0n) is 9.41. The van der Waals surface area contributed by atoms with E-state index in [0.717, 1.165) is 6.42 Å². The highest BCUT2D eigenvalue weighted by Crippen LogP contribution is 2.19. The van der Waals surface area contributed by atoms with Gasteiger partial charge in [-0.05, 0) is 26.2 Å². The molecule has 0 radical (unpaired) electrons. The molecule has 4 nitrogen and oxygen atoms in total. The average molecular weight is 268 g/mol. The zero-order chi connectivity index (χ0) is 12.2. The van der Waals surface area contributed by atoms with Crippen LogP contribution in [0.4, 0.5) is 0 Å². The number of hydrogen-bond acceptors (Lipinski definition) is 3. The molecule has 1 aliphatic heterocycles. The lowest BCUT2D eigenvalue weighted by Crippen LogP contribution is -2.45. The Morgan fingerprint density at radius 1 is 1.50 bits per heavy atom. The fraction of sp³-hybridized carbons (Fsp3) is 0.900. The number of rotatable bonds is 4. The van der Waals surface area contributed by atoms with Crippen LogP contribution in [0.2, 0.25) is 0 Å². The molecule has 0 bridgehead atoms. The van der Waals surface area contributed by atoms with Crippen molar-refractivity contribution in [3.05, 3.63) is 0 Å². The Hall–Kier alpha value is -0.290. The summed E-state index contributed by atoms with van der Waals surface area (Å²) in [5, 5.41) is 1.86. The van der Waals surface area contributed by atoms with E-state index in [4.69, 9.17) is 11.6 Å². The van der Waals surface area contributed by atoms with Crippen molar-refractivity contribution in [1.29, 1.82) is 0 Å². The predicted molar refractivity (Wildman–Crippen MR) is 64.4 cm³/mol. The van der Waals surface area contributed by atoms with Crippen molar-refractivity contribution in [3.8, 4) is 0 Å². The molecule has 0 aromatic heterocycles. The van der Waals surface area contributed by atoms with Gasteiger partial charge in [-0.2, -0.15) is 0 Å². The maximum absolute atomic E-state index is 11.8. The molecule has 0 aliphatic carbocycles. The van der Waals surface area contributed by atoms with Crippen LogP contribution in [0, 0.1) is 0 Å². The van der Waals surface area contributed by atoms with Gasteiger partial charge < -0.3 is 5.32 Å². The largest absolute Gasteiger partial charge is 0.352 e. The first-order chi connectivity index (χ1) is 7.47. The molecular formula is C10H18ClNO3S. The molecule has 6 heteroatoms. The molecule has 0 aromatic carbocycles. The van der Waals surface area contributed by atoms with E-state index in [-0.39, 0.29) is 17.7 Å². The number of sulfone groups is 1. The molecule has 16 heavy (non-hydrogen) atoms. The fourth-order valence-corrected chi connectivity index (χ4v) is 3.96. The van der Waals surface area contributed by atoms with Crippen LogP contribution in [-0.4, -0.2) is 37.2 Å². The molecule has 0 saturated carbocycles. The third-order valence-corrected chi connectivity index (χ3v) is 5.19. The lowest BCUT2D eigenvalue weighted by molar-refractivity contribution is -0.121. The summed E-state index contributed by atoms with van der Waals surface area (Å²) in [6, 6.07) is -0.0675. The van der Waals surface area contributed by atoms with Crippen molar-refractivity contribution in [1.82, 2.24) is 5.32 Å². The van der Waals surface area contributed by atoms with Gasteiger partial charge in [-0.25, -0.2) is 8.42 Å². The summed E-state index contributed by atoms with van der Waals surface area (Å²) in [6.45, 7) is 1.83. The monoisotopic (exact) mass is 267 g/mol. The molecule has 2 atom stereocenters. The highest BCUT2D eigenvalue weighted by molar-refractivity contribution is 7.92. The van der Waals surface area contributed by atoms with E-state index in [1.807, 2.05) is 6.92 Å². The Kier molecular flexibility index (Phi) is 5.05. The average Bonchev–Trinajstić information content (AvgIpc) is 2.16. The quantitative estimate of drug-likeness (QED) is 0.776. The van der Waals surface area contributed by atoms with Gasteiger partial charge in [0, 0.05) is 11.9 Å². The van der Waals surface area contributed by atoms with Gasteiger partial charge >= 0.3 is 0 Å². The predicted octanol–water partition coefficient (Wildman–Crippen LogP) is 1.09. The molecule has 0 aromatic rings. The van der Waals surface area contributed by atoms with Gasteiger partial charge in [0.25, 0.3) is 0 Å². The molecule has 1 aliphatic rings. The lowest BCUT2D eigenvalue weighted by atomic mass is 10.1. The first kappa shape index (κ1) is 13.8. The van der Waals surface area contributed by atoms with E-state index in [2.05, 4.69) is 5.32 Å². The maximum Gasteiger partial charge on any atom is 0.238 e. The van der Waals surface area contributed by atoms with E-state index in [9.17, 15) is 13.2 Å². The molecule has 94 valence electrons. The molecule has 1 saturated heterocycles. The van der Waals surface area contributed by atoms with Crippen molar-refractivity contribution in [2.45, 2.75) is 43.9 Å². The lowest BCUT2D eigenvalue weighted by Gasteiger charge is -2.23. The number of halogens is 1. The smallest absolute Gasteiger partial charge is 0.238 e. The molecule has 1 fully saturated rings. The van der Waals surface area contributed by atoms with Crippen LogP contribution in [0.25, 0.3) is 0 Å². The second-order valence-electron chi connectivity index (χ2n) is 4.24. The molecule has 0 spiro atoms. The highest BCUT2D eigenvalue weighted by atomic mass is 35.5. The first-order valence-electron chi connectivity index (χ1n) is 5.55. The number of nitrogens with one attached hydrogen (secondary N) is 1. The topological polar surface area (TPSA) is 63.2 Å². The van der Waals surface area contributed by atoms with Crippen molar-refractivity contribution in [3.63, 3.8) is 0 Å². The number of hydrogen-bond donors (Lipinski definition) is 1. The number of alkyl halides is 1. The zero-order valence-corrected chi connectivity index (χ0v) is 11.0. The van der Waals surface area contributed by atoms with Crippen molar-refractivity contribution < 1.29 is 13.2 Å². The summed E-state index contributed by atoms with van der Waals surface area (Å²) < 4.78 is 23.4. The second-order valence-corrected chi connectivity index (χ2v) is 6.92. The van der Waals surface area contributed by atoms with E-state index >= 15 is 0 Å². The summed E-state index contributed by atoms with van der Waals surface area (Å²) >= 11 is 5.55. The molecule has 1 heterocycles. The third kappa shape index (κ3) is 3.63. The standard InChI is InChI=1S/C10H18ClNO3S/c1-8(5-6-11)12-10(13)9-4-2-3-7-16(9,14)15/h8-9H,2-7H2,1H3,(H,12,13). The third-order valence-electron chi connectivity index (χ3n) is 2.80. The summed E-state index contributed by atoms with van der Waals surface area (Å²) in [7, 11) is -3.23. The Morgan fingerprint density at radius 2 is 2.19 bits per heavy atom. The summed E-state index contributed by atoms with van der Waals surface area (Å²) in [4.78, 5) is 11.8. The molecule has 1 rings (SSSR count). The maximum atomic E-state index is 11.8. The molecule has 1 N–H and O–H groups in total. The minimum absolute atomic E-state index is 0.0675. The van der Waals surface area contributed by atoms with Crippen molar-refractivity contribution in [2.75, 3.05) is 11.6 Å². The molecule has 1 amide bonds. The number of carbonyl (C=O) groups is 1. The van der Waals surface area contributed by atoms with Gasteiger partial charge in [0.15, 0.2) is 9.84 Å². The Bertz CT molecular complexity index is 342. The van der Waals surface area contributed by atoms with Gasteiger partial charge in [0.1, 0.15) is 5.25 Å². The number of carbonyl (C=O) groups excluding carboxylic acids is 1. The molecule has 2 unspecified atom stereocenters. The summed E-state index contributed by atoms with van der Waals surface area (Å²) in [6.07, 6.45) is 2.58. The van der Waals surface area contributed by atoms with E-state index < -0.39 is 15.1 Å². The van der Waals surface area contributed by atoms with E-state index in [1.54, 1.807) is 0 Å². The van der Waals surface area contributed by atoms with Gasteiger partial charge in [-0.1, -0.05) is 6.42 Å². The minimum Gasteiger partial charge on any atom is -0.352 e. The highest BCUT2D eigenvalue weighted by Gasteiger charge is 2.35. The Labute approximate surface area is 102 Å². The fourth-order valence-electron chi connectivity index (χ4n) is 1.82. The van der Waals surface area contributed by atoms with E-state index in [0.29, 0.717) is 25.1 Å². The normalized spacial score (nSPS) is 26.0. The summed E-state index contributed by atoms with van der Waals surface area (Å²) in [5.74, 6) is 0.228. The number of amides is 1. The van der Waals surface area contributed by atoms with Crippen LogP contribution in [-0.2, 0) is 14.6 Å². The Balaban J connectivity index is 2.59. The van der Waals surface area contributed by atoms with E-state index in [1.165, 1.54) is 0 Å². The van der Waals surface area contributed by atoms with Gasteiger partial charge in [-0.15, -0.1) is 11.6 Å². The van der Waals surface area contributed by atoms with Crippen molar-refractivity contribution >= 4 is 27.3 Å². The van der Waals surface area contributed by atoms with Crippen LogP contribution in [0.5, 0.6) is 0 Å².